The molecular weight excluding hydrogens is 332 g/mol. The monoisotopic (exact) mass is 360 g/mol. The van der Waals surface area contributed by atoms with E-state index in [0.29, 0.717) is 12.6 Å². The zero-order chi connectivity index (χ0) is 17.6. The van der Waals surface area contributed by atoms with Crippen LogP contribution in [-0.4, -0.2) is 59.8 Å². The van der Waals surface area contributed by atoms with Crippen LogP contribution in [-0.2, 0) is 14.3 Å². The molecule has 26 heavy (non-hydrogen) atoms. The van der Waals surface area contributed by atoms with Crippen LogP contribution in [0.3, 0.4) is 0 Å². The van der Waals surface area contributed by atoms with E-state index in [1.807, 2.05) is 0 Å². The fourth-order valence-electron chi connectivity index (χ4n) is 7.36. The molecule has 7 atom stereocenters. The molecule has 7 heteroatoms. The summed E-state index contributed by atoms with van der Waals surface area (Å²) >= 11 is 0. The number of hydrogen-bond donors (Lipinski definition) is 3. The summed E-state index contributed by atoms with van der Waals surface area (Å²) in [6.45, 7) is 0.782. The van der Waals surface area contributed by atoms with E-state index in [2.05, 4.69) is 10.6 Å². The summed E-state index contributed by atoms with van der Waals surface area (Å²) < 4.78 is 5.88. The third-order valence-corrected chi connectivity index (χ3v) is 7.94. The number of amides is 2. The molecule has 2 saturated carbocycles. The fraction of sp³-hybridized carbons (Fsp3) is 0.895. The van der Waals surface area contributed by atoms with Gasteiger partial charge in [0, 0.05) is 24.5 Å². The number of likely N-dealkylation sites (tertiary alicyclic amines) is 1. The minimum Gasteiger partial charge on any atom is -0.372 e. The zero-order valence-corrected chi connectivity index (χ0v) is 15.0. The predicted molar refractivity (Wildman–Crippen MR) is 92.7 cm³/mol. The van der Waals surface area contributed by atoms with E-state index in [1.165, 1.54) is 19.3 Å². The van der Waals surface area contributed by atoms with Gasteiger partial charge in [-0.3, -0.25) is 14.9 Å². The highest BCUT2D eigenvalue weighted by Gasteiger charge is 2.60. The second kappa shape index (κ2) is 5.20. The lowest BCUT2D eigenvalue weighted by molar-refractivity contribution is -0.139. The number of nitrogens with zero attached hydrogens (tertiary/aromatic N) is 1. The van der Waals surface area contributed by atoms with Crippen LogP contribution in [0.15, 0.2) is 0 Å². The molecule has 2 amide bonds. The van der Waals surface area contributed by atoms with Crippen molar-refractivity contribution in [3.8, 4) is 0 Å². The van der Waals surface area contributed by atoms with Gasteiger partial charge < -0.3 is 20.7 Å². The van der Waals surface area contributed by atoms with Crippen LogP contribution in [0.2, 0.25) is 0 Å². The van der Waals surface area contributed by atoms with E-state index in [-0.39, 0.29) is 54.1 Å². The van der Waals surface area contributed by atoms with Crippen LogP contribution in [0.25, 0.3) is 0 Å². The SMILES string of the molecule is NC1CC2OC1C1CN(CC(=O)NC34CC5CC(CC(C5)N3)C4)C(=O)C21. The summed E-state index contributed by atoms with van der Waals surface area (Å²) in [4.78, 5) is 27.3. The molecule has 5 heterocycles. The minimum absolute atomic E-state index is 0.00756. The third-order valence-electron chi connectivity index (χ3n) is 7.94. The number of rotatable bonds is 3. The topological polar surface area (TPSA) is 96.7 Å². The van der Waals surface area contributed by atoms with Crippen LogP contribution >= 0.6 is 0 Å². The molecule has 0 spiro atoms. The first-order valence-electron chi connectivity index (χ1n) is 10.3. The van der Waals surface area contributed by atoms with Crippen LogP contribution in [0.1, 0.15) is 38.5 Å². The third kappa shape index (κ3) is 2.17. The second-order valence-electron chi connectivity index (χ2n) is 9.77. The van der Waals surface area contributed by atoms with Crippen LogP contribution < -0.4 is 16.4 Å². The summed E-state index contributed by atoms with van der Waals surface area (Å²) in [6, 6.07) is 0.600. The first-order valence-corrected chi connectivity index (χ1v) is 10.3. The van der Waals surface area contributed by atoms with E-state index in [9.17, 15) is 9.59 Å². The summed E-state index contributed by atoms with van der Waals surface area (Å²) in [5.41, 5.74) is 5.89. The van der Waals surface area contributed by atoms with E-state index in [0.717, 1.165) is 31.1 Å². The maximum Gasteiger partial charge on any atom is 0.241 e. The van der Waals surface area contributed by atoms with Crippen molar-refractivity contribution in [2.24, 2.45) is 29.4 Å². The lowest BCUT2D eigenvalue weighted by Gasteiger charge is -2.57. The van der Waals surface area contributed by atoms with Crippen LogP contribution in [0, 0.1) is 23.7 Å². The molecule has 5 saturated heterocycles. The number of hydrogen-bond acceptors (Lipinski definition) is 5. The Balaban J connectivity index is 1.13. The molecule has 2 aliphatic carbocycles. The highest BCUT2D eigenvalue weighted by Crippen LogP contribution is 2.49. The molecule has 7 nitrogen and oxygen atoms in total. The average Bonchev–Trinajstić information content (AvgIpc) is 3.17. The van der Waals surface area contributed by atoms with Gasteiger partial charge >= 0.3 is 0 Å². The molecule has 0 aromatic heterocycles. The quantitative estimate of drug-likeness (QED) is 0.634. The average molecular weight is 360 g/mol. The van der Waals surface area contributed by atoms with Gasteiger partial charge in [0.25, 0.3) is 0 Å². The van der Waals surface area contributed by atoms with E-state index < -0.39 is 0 Å². The van der Waals surface area contributed by atoms with Gasteiger partial charge in [-0.05, 0) is 50.4 Å². The molecule has 0 aromatic rings. The van der Waals surface area contributed by atoms with Gasteiger partial charge in [-0.1, -0.05) is 0 Å². The van der Waals surface area contributed by atoms with Crippen molar-refractivity contribution in [2.75, 3.05) is 13.1 Å². The van der Waals surface area contributed by atoms with E-state index in [1.54, 1.807) is 4.90 Å². The Morgan fingerprint density at radius 1 is 1.27 bits per heavy atom. The summed E-state index contributed by atoms with van der Waals surface area (Å²) in [7, 11) is 0. The van der Waals surface area contributed by atoms with Crippen molar-refractivity contribution >= 4 is 11.8 Å². The molecule has 4 N–H and O–H groups in total. The van der Waals surface area contributed by atoms with Crippen molar-refractivity contribution in [1.82, 2.24) is 15.5 Å². The number of carbonyl (C=O) groups excluding carboxylic acids is 2. The highest BCUT2D eigenvalue weighted by atomic mass is 16.5. The number of fused-ring (bicyclic) bond motifs is 5. The maximum atomic E-state index is 12.8. The Bertz CT molecular complexity index is 632. The predicted octanol–water partition coefficient (Wildman–Crippen LogP) is -0.446. The van der Waals surface area contributed by atoms with Crippen molar-refractivity contribution in [3.05, 3.63) is 0 Å². The smallest absolute Gasteiger partial charge is 0.241 e. The fourth-order valence-corrected chi connectivity index (χ4v) is 7.36. The molecule has 0 aromatic carbocycles. The number of carbonyl (C=O) groups is 2. The second-order valence-corrected chi connectivity index (χ2v) is 9.77. The van der Waals surface area contributed by atoms with E-state index >= 15 is 0 Å². The zero-order valence-electron chi connectivity index (χ0n) is 15.0. The molecule has 7 fully saturated rings. The van der Waals surface area contributed by atoms with Gasteiger partial charge in [-0.25, -0.2) is 0 Å². The minimum atomic E-state index is -0.227. The van der Waals surface area contributed by atoms with Gasteiger partial charge in [0.05, 0.1) is 30.3 Å². The van der Waals surface area contributed by atoms with Gasteiger partial charge in [0.1, 0.15) is 0 Å². The van der Waals surface area contributed by atoms with E-state index in [4.69, 9.17) is 10.5 Å². The maximum absolute atomic E-state index is 12.8. The Hall–Kier alpha value is -1.18. The van der Waals surface area contributed by atoms with Gasteiger partial charge in [-0.15, -0.1) is 0 Å². The number of ether oxygens (including phenoxy) is 1. The number of nitrogens with two attached hydrogens (primary N) is 1. The van der Waals surface area contributed by atoms with Gasteiger partial charge in [-0.2, -0.15) is 0 Å². The van der Waals surface area contributed by atoms with Crippen molar-refractivity contribution in [1.29, 1.82) is 0 Å². The van der Waals surface area contributed by atoms with Crippen molar-refractivity contribution < 1.29 is 14.3 Å². The lowest BCUT2D eigenvalue weighted by Crippen LogP contribution is -2.71. The van der Waals surface area contributed by atoms with Crippen molar-refractivity contribution in [2.45, 2.75) is 68.5 Å². The number of nitrogens with one attached hydrogen (secondary N) is 2. The van der Waals surface area contributed by atoms with Gasteiger partial charge in [0.2, 0.25) is 11.8 Å². The lowest BCUT2D eigenvalue weighted by atomic mass is 9.62. The molecule has 0 radical (unpaired) electrons. The van der Waals surface area contributed by atoms with Crippen LogP contribution in [0.4, 0.5) is 0 Å². The molecule has 7 aliphatic rings. The largest absolute Gasteiger partial charge is 0.372 e. The molecular formula is C19H28N4O3. The van der Waals surface area contributed by atoms with Gasteiger partial charge in [0.15, 0.2) is 0 Å². The standard InChI is InChI=1S/C19H28N4O3/c20-13-4-14-16-12(17(13)26-14)7-23(18(16)25)8-15(24)22-19-5-9-1-10(6-19)3-11(2-9)21-19/h9-14,16-17,21H,1-8,20H2,(H,22,24). The number of piperidine rings is 2. The summed E-state index contributed by atoms with van der Waals surface area (Å²) in [5.74, 6) is 1.65. The first-order chi connectivity index (χ1) is 12.5. The highest BCUT2D eigenvalue weighted by molar-refractivity contribution is 5.88. The molecule has 5 aliphatic heterocycles. The van der Waals surface area contributed by atoms with Crippen molar-refractivity contribution in [3.63, 3.8) is 0 Å². The summed E-state index contributed by atoms with van der Waals surface area (Å²) in [5, 5.41) is 6.98. The normalized spacial score (nSPS) is 53.4. The Morgan fingerprint density at radius 2 is 2.04 bits per heavy atom. The Kier molecular flexibility index (Phi) is 3.17. The molecule has 7 rings (SSSR count). The summed E-state index contributed by atoms with van der Waals surface area (Å²) in [6.07, 6.45) is 6.64. The Morgan fingerprint density at radius 3 is 2.77 bits per heavy atom. The molecule has 142 valence electrons. The molecule has 7 unspecified atom stereocenters. The van der Waals surface area contributed by atoms with Crippen LogP contribution in [0.5, 0.6) is 0 Å². The Labute approximate surface area is 153 Å². The first kappa shape index (κ1) is 15.8. The molecule has 6 bridgehead atoms.